The Morgan fingerprint density at radius 3 is 2.37 bits per heavy atom. The van der Waals surface area contributed by atoms with Crippen LogP contribution in [0.5, 0.6) is 5.75 Å². The number of halogens is 4. The lowest BCUT2D eigenvalue weighted by atomic mass is 9.78. The summed E-state index contributed by atoms with van der Waals surface area (Å²) in [6.45, 7) is 3.14. The van der Waals surface area contributed by atoms with E-state index in [2.05, 4.69) is 10.6 Å². The molecule has 0 aliphatic carbocycles. The molecule has 3 amide bonds. The first kappa shape index (κ1) is 29.3. The van der Waals surface area contributed by atoms with Gasteiger partial charge in [-0.25, -0.2) is 8.78 Å². The van der Waals surface area contributed by atoms with E-state index in [0.717, 1.165) is 0 Å². The molecule has 2 fully saturated rings. The summed E-state index contributed by atoms with van der Waals surface area (Å²) in [5.74, 6) is -13.1. The molecule has 38 heavy (non-hydrogen) atoms. The van der Waals surface area contributed by atoms with Crippen molar-refractivity contribution in [2.24, 2.45) is 23.5 Å². The van der Waals surface area contributed by atoms with E-state index in [4.69, 9.17) is 15.2 Å². The summed E-state index contributed by atoms with van der Waals surface area (Å²) in [7, 11) is 0. The maximum atomic E-state index is 14.0. The van der Waals surface area contributed by atoms with Gasteiger partial charge in [0.2, 0.25) is 23.4 Å². The Hall–Kier alpha value is -3.22. The van der Waals surface area contributed by atoms with Gasteiger partial charge >= 0.3 is 0 Å². The molecule has 3 rings (SSSR count). The lowest BCUT2D eigenvalue weighted by Crippen LogP contribution is -2.57. The third kappa shape index (κ3) is 6.25. The molecule has 1 aromatic rings. The minimum absolute atomic E-state index is 0.00436. The number of ketones is 1. The van der Waals surface area contributed by atoms with Crippen LogP contribution in [-0.4, -0.2) is 54.9 Å². The predicted molar refractivity (Wildman–Crippen MR) is 124 cm³/mol. The van der Waals surface area contributed by atoms with Gasteiger partial charge in [-0.2, -0.15) is 8.78 Å². The van der Waals surface area contributed by atoms with E-state index in [0.29, 0.717) is 19.4 Å². The molecule has 2 saturated heterocycles. The molecule has 2 aliphatic rings. The van der Waals surface area contributed by atoms with Crippen LogP contribution in [0.15, 0.2) is 6.07 Å². The molecule has 2 aliphatic heterocycles. The molecular weight excluding hydrogens is 514 g/mol. The van der Waals surface area contributed by atoms with Crippen molar-refractivity contribution in [2.45, 2.75) is 57.6 Å². The minimum Gasteiger partial charge on any atom is -0.479 e. The number of benzene rings is 1. The van der Waals surface area contributed by atoms with Crippen molar-refractivity contribution in [2.75, 3.05) is 19.8 Å². The molecule has 2 heterocycles. The number of Topliss-reactive ketones (excluding diaryl/α,β-unsaturated/α-hetero) is 1. The zero-order valence-corrected chi connectivity index (χ0v) is 21.1. The van der Waals surface area contributed by atoms with Gasteiger partial charge in [0.1, 0.15) is 6.61 Å². The highest BCUT2D eigenvalue weighted by molar-refractivity contribution is 5.95. The van der Waals surface area contributed by atoms with Gasteiger partial charge in [0, 0.05) is 25.1 Å². The van der Waals surface area contributed by atoms with Crippen molar-refractivity contribution in [3.8, 4) is 5.75 Å². The lowest BCUT2D eigenvalue weighted by Gasteiger charge is -2.35. The number of nitrogens with one attached hydrogen (secondary N) is 2. The molecule has 4 atom stereocenters. The van der Waals surface area contributed by atoms with Crippen LogP contribution in [-0.2, 0) is 23.9 Å². The molecule has 0 radical (unpaired) electrons. The van der Waals surface area contributed by atoms with Crippen molar-refractivity contribution in [3.63, 3.8) is 0 Å². The van der Waals surface area contributed by atoms with Gasteiger partial charge in [-0.3, -0.25) is 19.2 Å². The maximum absolute atomic E-state index is 14.0. The number of hydrogen-bond donors (Lipinski definition) is 3. The zero-order valence-electron chi connectivity index (χ0n) is 21.1. The Kier molecular flexibility index (Phi) is 9.34. The predicted octanol–water partition coefficient (Wildman–Crippen LogP) is 1.90. The maximum Gasteiger partial charge on any atom is 0.250 e. The number of carbonyl (C=O) groups excluding carboxylic acids is 4. The zero-order chi connectivity index (χ0) is 28.2. The second kappa shape index (κ2) is 12.1. The number of rotatable bonds is 12. The van der Waals surface area contributed by atoms with Crippen LogP contribution in [0.1, 0.15) is 46.0 Å². The SMILES string of the molecule is CC(C)C[C@H](C(=O)N[C@@H](C[C@@H]1CCNC1=O)C(=O)COc1c(F)c(F)cc(F)c1F)C1(C(N)=O)CCCO1. The average Bonchev–Trinajstić information content (AvgIpc) is 3.50. The summed E-state index contributed by atoms with van der Waals surface area (Å²) in [4.78, 5) is 51.2. The fourth-order valence-electron chi connectivity index (χ4n) is 4.90. The van der Waals surface area contributed by atoms with Crippen molar-refractivity contribution in [1.82, 2.24) is 10.6 Å². The molecule has 13 heteroatoms. The van der Waals surface area contributed by atoms with E-state index >= 15 is 0 Å². The van der Waals surface area contributed by atoms with Gasteiger partial charge in [-0.1, -0.05) is 13.8 Å². The van der Waals surface area contributed by atoms with Crippen molar-refractivity contribution >= 4 is 23.5 Å². The summed E-state index contributed by atoms with van der Waals surface area (Å²) in [5, 5.41) is 5.15. The summed E-state index contributed by atoms with van der Waals surface area (Å²) < 4.78 is 65.5. The molecule has 4 N–H and O–H groups in total. The van der Waals surface area contributed by atoms with Crippen molar-refractivity contribution in [1.29, 1.82) is 0 Å². The first-order valence-corrected chi connectivity index (χ1v) is 12.4. The Labute approximate surface area is 216 Å². The van der Waals surface area contributed by atoms with Gasteiger partial charge in [0.05, 0.1) is 12.0 Å². The third-order valence-electron chi connectivity index (χ3n) is 6.87. The number of primary amides is 1. The monoisotopic (exact) mass is 545 g/mol. The Balaban J connectivity index is 1.85. The van der Waals surface area contributed by atoms with Crippen LogP contribution in [0, 0.1) is 41.0 Å². The van der Waals surface area contributed by atoms with E-state index in [1.807, 2.05) is 13.8 Å². The highest BCUT2D eigenvalue weighted by Crippen LogP contribution is 2.37. The van der Waals surface area contributed by atoms with Gasteiger partial charge in [0.25, 0.3) is 5.91 Å². The number of ether oxygens (including phenoxy) is 2. The molecule has 0 bridgehead atoms. The summed E-state index contributed by atoms with van der Waals surface area (Å²) in [5.41, 5.74) is 4.05. The minimum atomic E-state index is -1.83. The molecule has 0 aromatic heterocycles. The number of nitrogens with two attached hydrogens (primary N) is 1. The fourth-order valence-corrected chi connectivity index (χ4v) is 4.90. The van der Waals surface area contributed by atoms with Crippen LogP contribution in [0.4, 0.5) is 17.6 Å². The number of carbonyl (C=O) groups is 4. The molecule has 1 aromatic carbocycles. The largest absolute Gasteiger partial charge is 0.479 e. The first-order valence-electron chi connectivity index (χ1n) is 12.4. The smallest absolute Gasteiger partial charge is 0.250 e. The summed E-state index contributed by atoms with van der Waals surface area (Å²) in [6, 6.07) is -1.39. The fraction of sp³-hybridized carbons (Fsp3) is 0.600. The van der Waals surface area contributed by atoms with Crippen LogP contribution in [0.2, 0.25) is 0 Å². The third-order valence-corrected chi connectivity index (χ3v) is 6.87. The van der Waals surface area contributed by atoms with Crippen LogP contribution in [0.25, 0.3) is 0 Å². The standard InChI is InChI=1S/C25H31F4N3O6/c1-12(2)8-14(25(24(30)36)5-3-7-38-25)23(35)32-17(9-13-4-6-31-22(13)34)18(33)11-37-21-19(28)15(26)10-16(27)20(21)29/h10,12-14,17H,3-9,11H2,1-2H3,(H2,30,36)(H,31,34)(H,32,35)/t13-,14+,17-,25?/m0/s1. The summed E-state index contributed by atoms with van der Waals surface area (Å²) in [6.07, 6.45) is 1.06. The van der Waals surface area contributed by atoms with Crippen molar-refractivity contribution < 1.29 is 46.2 Å². The molecule has 1 unspecified atom stereocenters. The summed E-state index contributed by atoms with van der Waals surface area (Å²) >= 11 is 0. The Morgan fingerprint density at radius 2 is 1.87 bits per heavy atom. The Bertz CT molecular complexity index is 1070. The highest BCUT2D eigenvalue weighted by atomic mass is 19.2. The van der Waals surface area contributed by atoms with Gasteiger partial charge in [-0.15, -0.1) is 0 Å². The lowest BCUT2D eigenvalue weighted by molar-refractivity contribution is -0.155. The van der Waals surface area contributed by atoms with Crippen LogP contribution >= 0.6 is 0 Å². The topological polar surface area (TPSA) is 137 Å². The van der Waals surface area contributed by atoms with Crippen LogP contribution in [0.3, 0.4) is 0 Å². The first-order chi connectivity index (χ1) is 17.9. The van der Waals surface area contributed by atoms with E-state index in [9.17, 15) is 36.7 Å². The normalized spacial score (nSPS) is 22.7. The van der Waals surface area contributed by atoms with E-state index < -0.39 is 76.7 Å². The second-order valence-corrected chi connectivity index (χ2v) is 10.0. The molecule has 9 nitrogen and oxygen atoms in total. The second-order valence-electron chi connectivity index (χ2n) is 10.0. The molecule has 0 saturated carbocycles. The number of amides is 3. The Morgan fingerprint density at radius 1 is 1.21 bits per heavy atom. The van der Waals surface area contributed by atoms with Gasteiger partial charge < -0.3 is 25.8 Å². The van der Waals surface area contributed by atoms with E-state index in [1.54, 1.807) is 0 Å². The average molecular weight is 546 g/mol. The molecular formula is C25H31F4N3O6. The van der Waals surface area contributed by atoms with Gasteiger partial charge in [-0.05, 0) is 38.0 Å². The highest BCUT2D eigenvalue weighted by Gasteiger charge is 2.52. The van der Waals surface area contributed by atoms with E-state index in [-0.39, 0.29) is 43.8 Å². The molecule has 210 valence electrons. The number of hydrogen-bond acceptors (Lipinski definition) is 6. The molecule has 0 spiro atoms. The quantitative estimate of drug-likeness (QED) is 0.271. The van der Waals surface area contributed by atoms with Crippen LogP contribution < -0.4 is 21.1 Å². The van der Waals surface area contributed by atoms with Gasteiger partial charge in [0.15, 0.2) is 28.8 Å². The van der Waals surface area contributed by atoms with Crippen molar-refractivity contribution in [3.05, 3.63) is 29.3 Å². The van der Waals surface area contributed by atoms with E-state index in [1.165, 1.54) is 0 Å².